The Labute approximate surface area is 195 Å². The van der Waals surface area contributed by atoms with Crippen molar-refractivity contribution in [3.05, 3.63) is 28.2 Å². The summed E-state index contributed by atoms with van der Waals surface area (Å²) < 4.78 is 0. The molecule has 2 rings (SSSR count). The van der Waals surface area contributed by atoms with Gasteiger partial charge in [0, 0.05) is 35.1 Å². The van der Waals surface area contributed by atoms with Crippen LogP contribution in [0.1, 0.15) is 64.7 Å². The van der Waals surface area contributed by atoms with Gasteiger partial charge < -0.3 is 20.3 Å². The largest absolute Gasteiger partial charge is 0.344 e. The van der Waals surface area contributed by atoms with Crippen molar-refractivity contribution in [3.63, 3.8) is 0 Å². The van der Waals surface area contributed by atoms with Crippen molar-refractivity contribution >= 4 is 46.5 Å². The van der Waals surface area contributed by atoms with Crippen molar-refractivity contribution in [3.8, 4) is 0 Å². The second-order valence-corrected chi connectivity index (χ2v) is 9.09. The molecule has 1 aromatic carbocycles. The summed E-state index contributed by atoms with van der Waals surface area (Å²) in [6, 6.07) is 4.18. The first-order valence-corrected chi connectivity index (χ1v) is 11.9. The van der Waals surface area contributed by atoms with E-state index in [1.807, 2.05) is 0 Å². The second kappa shape index (κ2) is 13.7. The minimum absolute atomic E-state index is 0.126. The van der Waals surface area contributed by atoms with Crippen LogP contribution in [0.25, 0.3) is 0 Å². The van der Waals surface area contributed by atoms with E-state index in [9.17, 15) is 14.4 Å². The number of anilines is 1. The number of benzene rings is 1. The first-order chi connectivity index (χ1) is 14.8. The molecule has 172 valence electrons. The van der Waals surface area contributed by atoms with Gasteiger partial charge in [-0.1, -0.05) is 42.5 Å². The summed E-state index contributed by atoms with van der Waals surface area (Å²) >= 11 is 12.0. The van der Waals surface area contributed by atoms with Crippen LogP contribution in [-0.4, -0.2) is 48.2 Å². The van der Waals surface area contributed by atoms with Crippen LogP contribution in [0, 0.1) is 0 Å². The minimum Gasteiger partial charge on any atom is -0.344 e. The Morgan fingerprint density at radius 3 is 2.29 bits per heavy atom. The van der Waals surface area contributed by atoms with E-state index < -0.39 is 6.04 Å². The van der Waals surface area contributed by atoms with Gasteiger partial charge >= 0.3 is 0 Å². The van der Waals surface area contributed by atoms with Crippen molar-refractivity contribution < 1.29 is 14.4 Å². The van der Waals surface area contributed by atoms with Crippen molar-refractivity contribution in [2.75, 3.05) is 25.0 Å². The van der Waals surface area contributed by atoms with E-state index in [4.69, 9.17) is 23.2 Å². The smallest absolute Gasteiger partial charge is 0.246 e. The number of unbranched alkanes of at least 4 members (excludes halogenated alkanes) is 2. The number of amides is 2. The molecule has 1 aliphatic rings. The lowest BCUT2D eigenvalue weighted by atomic mass is 10.0. The van der Waals surface area contributed by atoms with Crippen molar-refractivity contribution in [2.24, 2.45) is 0 Å². The van der Waals surface area contributed by atoms with Crippen LogP contribution < -0.4 is 10.6 Å². The molecule has 0 aliphatic carbocycles. The van der Waals surface area contributed by atoms with Crippen molar-refractivity contribution in [1.82, 2.24) is 10.2 Å². The number of carbonyl (C=O) groups excluding carboxylic acids is 3. The number of carbonyl (C=O) groups is 3. The van der Waals surface area contributed by atoms with Crippen LogP contribution >= 0.6 is 23.2 Å². The van der Waals surface area contributed by atoms with Gasteiger partial charge in [0.05, 0.1) is 0 Å². The Balaban J connectivity index is 1.91. The fraction of sp³-hybridized carbons (Fsp3) is 0.609. The summed E-state index contributed by atoms with van der Waals surface area (Å²) in [4.78, 5) is 38.8. The third kappa shape index (κ3) is 10.5. The van der Waals surface area contributed by atoms with Crippen LogP contribution in [0.2, 0.25) is 10.0 Å². The molecule has 0 unspecified atom stereocenters. The standard InChI is InChI=1S/C23H33Cl2N3O3/c1-17(29)8-4-2-5-9-21(23(31)26-20-15-18(24)14-19(25)16-20)27-22(30)10-13-28-11-6-3-7-12-28/h14-16,21H,2-13H2,1H3,(H,26,31)(H,27,30)/t21-/m0/s1. The molecule has 1 heterocycles. The summed E-state index contributed by atoms with van der Waals surface area (Å²) in [5.74, 6) is -0.257. The van der Waals surface area contributed by atoms with E-state index in [2.05, 4.69) is 15.5 Å². The number of nitrogens with zero attached hydrogens (tertiary/aromatic N) is 1. The first-order valence-electron chi connectivity index (χ1n) is 11.1. The van der Waals surface area contributed by atoms with Crippen molar-refractivity contribution in [2.45, 2.75) is 70.8 Å². The zero-order chi connectivity index (χ0) is 22.6. The Bertz CT molecular complexity index is 731. The van der Waals surface area contributed by atoms with Crippen LogP contribution in [0.15, 0.2) is 18.2 Å². The lowest BCUT2D eigenvalue weighted by Crippen LogP contribution is -2.45. The van der Waals surface area contributed by atoms with Gasteiger partial charge in [-0.25, -0.2) is 0 Å². The van der Waals surface area contributed by atoms with E-state index in [1.54, 1.807) is 25.1 Å². The Kier molecular flexibility index (Phi) is 11.3. The number of Topliss-reactive ketones (excluding diaryl/α,β-unsaturated/α-hetero) is 1. The monoisotopic (exact) mass is 469 g/mol. The van der Waals surface area contributed by atoms with Crippen LogP contribution in [0.3, 0.4) is 0 Å². The zero-order valence-electron chi connectivity index (χ0n) is 18.2. The molecule has 2 N–H and O–H groups in total. The average Bonchev–Trinajstić information content (AvgIpc) is 2.71. The highest BCUT2D eigenvalue weighted by molar-refractivity contribution is 6.35. The summed E-state index contributed by atoms with van der Waals surface area (Å²) in [5.41, 5.74) is 0.492. The molecule has 6 nitrogen and oxygen atoms in total. The van der Waals surface area contributed by atoms with E-state index in [0.717, 1.165) is 32.4 Å². The molecule has 1 fully saturated rings. The zero-order valence-corrected chi connectivity index (χ0v) is 19.7. The molecule has 0 radical (unpaired) electrons. The molecule has 0 aromatic heterocycles. The molecule has 2 amide bonds. The number of ketones is 1. The maximum absolute atomic E-state index is 12.9. The molecule has 0 spiro atoms. The molecular weight excluding hydrogens is 437 g/mol. The van der Waals surface area contributed by atoms with Gasteiger partial charge in [-0.15, -0.1) is 0 Å². The third-order valence-electron chi connectivity index (χ3n) is 5.41. The number of piperidine rings is 1. The molecule has 1 aromatic rings. The van der Waals surface area contributed by atoms with Gasteiger partial charge in [-0.3, -0.25) is 9.59 Å². The normalized spacial score (nSPS) is 15.3. The molecular formula is C23H33Cl2N3O3. The Morgan fingerprint density at radius 2 is 1.65 bits per heavy atom. The fourth-order valence-electron chi connectivity index (χ4n) is 3.73. The van der Waals surface area contributed by atoms with E-state index in [0.29, 0.717) is 41.5 Å². The molecule has 31 heavy (non-hydrogen) atoms. The Hall–Kier alpha value is -1.63. The highest BCUT2D eigenvalue weighted by Gasteiger charge is 2.21. The topological polar surface area (TPSA) is 78.5 Å². The van der Waals surface area contributed by atoms with Gasteiger partial charge in [0.2, 0.25) is 11.8 Å². The van der Waals surface area contributed by atoms with Crippen molar-refractivity contribution in [1.29, 1.82) is 0 Å². The van der Waals surface area contributed by atoms with Gasteiger partial charge in [0.1, 0.15) is 11.8 Å². The highest BCUT2D eigenvalue weighted by atomic mass is 35.5. The minimum atomic E-state index is -0.649. The lowest BCUT2D eigenvalue weighted by Gasteiger charge is -2.26. The fourth-order valence-corrected chi connectivity index (χ4v) is 4.26. The first kappa shape index (κ1) is 25.6. The second-order valence-electron chi connectivity index (χ2n) is 8.22. The van der Waals surface area contributed by atoms with Crippen LogP contribution in [0.5, 0.6) is 0 Å². The molecule has 0 bridgehead atoms. The molecule has 1 saturated heterocycles. The predicted molar refractivity (Wildman–Crippen MR) is 126 cm³/mol. The molecule has 8 heteroatoms. The average molecular weight is 470 g/mol. The van der Waals surface area contributed by atoms with E-state index in [1.165, 1.54) is 19.3 Å². The van der Waals surface area contributed by atoms with E-state index in [-0.39, 0.29) is 17.6 Å². The number of rotatable bonds is 12. The number of hydrogen-bond donors (Lipinski definition) is 2. The van der Waals surface area contributed by atoms with Gasteiger partial charge in [-0.2, -0.15) is 0 Å². The summed E-state index contributed by atoms with van der Waals surface area (Å²) in [7, 11) is 0. The van der Waals surface area contributed by atoms with Gasteiger partial charge in [-0.05, 0) is 63.9 Å². The quantitative estimate of drug-likeness (QED) is 0.429. The summed E-state index contributed by atoms with van der Waals surface area (Å²) in [6.07, 6.45) is 7.39. The maximum atomic E-state index is 12.9. The van der Waals surface area contributed by atoms with Crippen LogP contribution in [0.4, 0.5) is 5.69 Å². The maximum Gasteiger partial charge on any atom is 0.246 e. The third-order valence-corrected chi connectivity index (χ3v) is 5.84. The molecule has 0 saturated carbocycles. The van der Waals surface area contributed by atoms with Crippen LogP contribution in [-0.2, 0) is 14.4 Å². The summed E-state index contributed by atoms with van der Waals surface area (Å²) in [5, 5.41) is 6.55. The summed E-state index contributed by atoms with van der Waals surface area (Å²) in [6.45, 7) is 4.35. The van der Waals surface area contributed by atoms with Gasteiger partial charge in [0.25, 0.3) is 0 Å². The number of nitrogens with one attached hydrogen (secondary N) is 2. The Morgan fingerprint density at radius 1 is 0.968 bits per heavy atom. The van der Waals surface area contributed by atoms with E-state index >= 15 is 0 Å². The number of likely N-dealkylation sites (tertiary alicyclic amines) is 1. The molecule has 1 aliphatic heterocycles. The number of hydrogen-bond acceptors (Lipinski definition) is 4. The van der Waals surface area contributed by atoms with Gasteiger partial charge in [0.15, 0.2) is 0 Å². The molecule has 1 atom stereocenters. The SMILES string of the molecule is CC(=O)CCCCC[C@H](NC(=O)CCN1CCCCC1)C(=O)Nc1cc(Cl)cc(Cl)c1. The lowest BCUT2D eigenvalue weighted by molar-refractivity contribution is -0.126. The highest BCUT2D eigenvalue weighted by Crippen LogP contribution is 2.23. The predicted octanol–water partition coefficient (Wildman–Crippen LogP) is 4.83. The number of halogens is 2.